The Hall–Kier alpha value is -2.59. The fourth-order valence-electron chi connectivity index (χ4n) is 2.35. The van der Waals surface area contributed by atoms with Gasteiger partial charge in [0.05, 0.1) is 0 Å². The number of esters is 1. The van der Waals surface area contributed by atoms with E-state index in [0.717, 1.165) is 22.5 Å². The third-order valence-corrected chi connectivity index (χ3v) is 3.37. The Morgan fingerprint density at radius 3 is 2.59 bits per heavy atom. The summed E-state index contributed by atoms with van der Waals surface area (Å²) in [5.74, 6) is 0.967. The molecule has 4 heteroatoms. The van der Waals surface area contributed by atoms with Crippen LogP contribution >= 0.6 is 0 Å². The van der Waals surface area contributed by atoms with Crippen LogP contribution < -0.4 is 0 Å². The van der Waals surface area contributed by atoms with Crippen LogP contribution in [0.5, 0.6) is 0 Å². The molecule has 22 heavy (non-hydrogen) atoms. The quantitative estimate of drug-likeness (QED) is 0.531. The van der Waals surface area contributed by atoms with Gasteiger partial charge in [0.2, 0.25) is 0 Å². The van der Waals surface area contributed by atoms with E-state index in [2.05, 4.69) is 0 Å². The highest BCUT2D eigenvalue weighted by Crippen LogP contribution is 2.33. The second-order valence-electron chi connectivity index (χ2n) is 4.89. The molecule has 1 aliphatic carbocycles. The van der Waals surface area contributed by atoms with E-state index in [4.69, 9.17) is 13.9 Å². The van der Waals surface area contributed by atoms with Crippen molar-refractivity contribution in [3.8, 4) is 22.5 Å². The zero-order valence-electron chi connectivity index (χ0n) is 12.2. The van der Waals surface area contributed by atoms with Crippen molar-refractivity contribution in [3.05, 3.63) is 60.4 Å². The van der Waals surface area contributed by atoms with Crippen LogP contribution in [0.2, 0.25) is 0 Å². The van der Waals surface area contributed by atoms with Crippen molar-refractivity contribution in [1.82, 2.24) is 0 Å². The third kappa shape index (κ3) is 3.02. The number of carbonyl (C=O) groups excluding carboxylic acids is 1. The van der Waals surface area contributed by atoms with E-state index < -0.39 is 0 Å². The average molecular weight is 296 g/mol. The number of methoxy groups -OCH3 is 1. The maximum Gasteiger partial charge on any atom is 0.315 e. The Balaban J connectivity index is 2.00. The van der Waals surface area contributed by atoms with E-state index >= 15 is 0 Å². The van der Waals surface area contributed by atoms with Crippen molar-refractivity contribution in [1.29, 1.82) is 0 Å². The topological polar surface area (TPSA) is 48.7 Å². The minimum Gasteiger partial charge on any atom is -0.460 e. The lowest BCUT2D eigenvalue weighted by molar-refractivity contribution is -0.153. The predicted molar refractivity (Wildman–Crippen MR) is 82.4 cm³/mol. The number of benzene rings is 1. The van der Waals surface area contributed by atoms with Crippen molar-refractivity contribution < 1.29 is 18.7 Å². The molecule has 0 aromatic heterocycles. The molecule has 1 heterocycles. The smallest absolute Gasteiger partial charge is 0.315 e. The van der Waals surface area contributed by atoms with Gasteiger partial charge in [-0.05, 0) is 17.7 Å². The van der Waals surface area contributed by atoms with Crippen LogP contribution in [-0.4, -0.2) is 19.9 Å². The van der Waals surface area contributed by atoms with E-state index in [9.17, 15) is 4.79 Å². The Kier molecular flexibility index (Phi) is 4.21. The summed E-state index contributed by atoms with van der Waals surface area (Å²) in [6.45, 7) is -0.0574. The summed E-state index contributed by atoms with van der Waals surface area (Å²) >= 11 is 0. The van der Waals surface area contributed by atoms with Gasteiger partial charge in [0, 0.05) is 18.2 Å². The van der Waals surface area contributed by atoms with Crippen molar-refractivity contribution in [2.45, 2.75) is 6.42 Å². The van der Waals surface area contributed by atoms with Crippen LogP contribution in [0, 0.1) is 0 Å². The lowest BCUT2D eigenvalue weighted by atomic mass is 10.0. The van der Waals surface area contributed by atoms with E-state index in [0.29, 0.717) is 5.76 Å². The molecule has 0 bridgehead atoms. The third-order valence-electron chi connectivity index (χ3n) is 3.37. The molecule has 0 fully saturated rings. The maximum atomic E-state index is 11.9. The van der Waals surface area contributed by atoms with Gasteiger partial charge in [-0.3, -0.25) is 4.79 Å². The summed E-state index contributed by atoms with van der Waals surface area (Å²) in [6, 6.07) is 17.7. The highest BCUT2D eigenvalue weighted by molar-refractivity contribution is 5.79. The number of fused-ring (bicyclic) bond motifs is 1. The van der Waals surface area contributed by atoms with Crippen LogP contribution in [0.3, 0.4) is 0 Å². The fraction of sp³-hybridized carbons (Fsp3) is 0.167. The van der Waals surface area contributed by atoms with Crippen LogP contribution in [0.4, 0.5) is 0 Å². The molecule has 4 nitrogen and oxygen atoms in total. The summed E-state index contributed by atoms with van der Waals surface area (Å²) < 4.78 is 15.6. The van der Waals surface area contributed by atoms with Crippen LogP contribution in [0.1, 0.15) is 5.76 Å². The molecule has 2 aliphatic rings. The first kappa shape index (κ1) is 14.4. The first-order valence-electron chi connectivity index (χ1n) is 6.99. The molecule has 3 rings (SSSR count). The molecular formula is C18H16O4. The van der Waals surface area contributed by atoms with Crippen LogP contribution in [-0.2, 0) is 20.7 Å². The molecule has 0 unspecified atom stereocenters. The van der Waals surface area contributed by atoms with E-state index in [1.807, 2.05) is 54.6 Å². The molecule has 0 atom stereocenters. The molecule has 0 N–H and O–H groups in total. The van der Waals surface area contributed by atoms with Gasteiger partial charge in [0.15, 0.2) is 6.79 Å². The monoisotopic (exact) mass is 296 g/mol. The Bertz CT molecular complexity index is 730. The zero-order valence-corrected chi connectivity index (χ0v) is 12.2. The van der Waals surface area contributed by atoms with Crippen molar-refractivity contribution in [3.63, 3.8) is 0 Å². The molecule has 112 valence electrons. The van der Waals surface area contributed by atoms with Gasteiger partial charge >= 0.3 is 5.97 Å². The minimum absolute atomic E-state index is 0.0574. The van der Waals surface area contributed by atoms with Crippen molar-refractivity contribution >= 4 is 5.97 Å². The SMILES string of the molecule is COCOC(=O)Cc1oc2cccc-2cc1-c1ccccc1. The first-order chi connectivity index (χ1) is 10.8. The van der Waals surface area contributed by atoms with Crippen molar-refractivity contribution in [2.75, 3.05) is 13.9 Å². The molecule has 0 saturated carbocycles. The molecule has 1 aliphatic heterocycles. The molecule has 0 spiro atoms. The number of hydrogen-bond donors (Lipinski definition) is 0. The predicted octanol–water partition coefficient (Wildman–Crippen LogP) is 3.74. The summed E-state index contributed by atoms with van der Waals surface area (Å²) in [6.07, 6.45) is 0.0642. The van der Waals surface area contributed by atoms with E-state index in [1.165, 1.54) is 7.11 Å². The van der Waals surface area contributed by atoms with E-state index in [-0.39, 0.29) is 19.2 Å². The molecular weight excluding hydrogens is 280 g/mol. The Labute approximate surface area is 128 Å². The van der Waals surface area contributed by atoms with E-state index in [1.54, 1.807) is 0 Å². The van der Waals surface area contributed by atoms with Gasteiger partial charge in [-0.1, -0.05) is 42.5 Å². The second-order valence-corrected chi connectivity index (χ2v) is 4.89. The number of ether oxygens (including phenoxy) is 2. The van der Waals surface area contributed by atoms with Crippen molar-refractivity contribution in [2.24, 2.45) is 0 Å². The highest BCUT2D eigenvalue weighted by atomic mass is 16.7. The first-order valence-corrected chi connectivity index (χ1v) is 6.99. The number of carbonyl (C=O) groups is 1. The number of rotatable bonds is 5. The zero-order chi connectivity index (χ0) is 15.4. The van der Waals surface area contributed by atoms with Gasteiger partial charge in [-0.15, -0.1) is 0 Å². The van der Waals surface area contributed by atoms with Gasteiger partial charge in [0.1, 0.15) is 17.9 Å². The largest absolute Gasteiger partial charge is 0.460 e. The molecule has 0 radical (unpaired) electrons. The fourth-order valence-corrected chi connectivity index (χ4v) is 2.35. The molecule has 1 aromatic rings. The van der Waals surface area contributed by atoms with Crippen LogP contribution in [0.25, 0.3) is 22.5 Å². The Morgan fingerprint density at radius 2 is 1.82 bits per heavy atom. The van der Waals surface area contributed by atoms with Gasteiger partial charge in [-0.25, -0.2) is 0 Å². The summed E-state index contributed by atoms with van der Waals surface area (Å²) in [5.41, 5.74) is 2.91. The standard InChI is InChI=1S/C18H16O4/c1-20-12-21-18(19)11-17-15(13-6-3-2-4-7-13)10-14-8-5-9-16(14)22-17/h2-10H,11-12H2,1H3. The van der Waals surface area contributed by atoms with Gasteiger partial charge in [-0.2, -0.15) is 0 Å². The lowest BCUT2D eigenvalue weighted by Gasteiger charge is -2.12. The van der Waals surface area contributed by atoms with Gasteiger partial charge < -0.3 is 13.9 Å². The minimum atomic E-state index is -0.381. The Morgan fingerprint density at radius 1 is 1.05 bits per heavy atom. The highest BCUT2D eigenvalue weighted by Gasteiger charge is 2.17. The van der Waals surface area contributed by atoms with Crippen LogP contribution in [0.15, 0.2) is 59.0 Å². The number of hydrogen-bond acceptors (Lipinski definition) is 4. The second kappa shape index (κ2) is 6.45. The summed E-state index contributed by atoms with van der Waals surface area (Å²) in [7, 11) is 1.48. The molecule has 0 amide bonds. The average Bonchev–Trinajstić information content (AvgIpc) is 3.00. The van der Waals surface area contributed by atoms with Gasteiger partial charge in [0.25, 0.3) is 0 Å². The maximum absolute atomic E-state index is 11.9. The lowest BCUT2D eigenvalue weighted by Crippen LogP contribution is -2.10. The summed E-state index contributed by atoms with van der Waals surface area (Å²) in [4.78, 5) is 11.9. The molecule has 0 saturated heterocycles. The normalized spacial score (nSPS) is 10.8. The summed E-state index contributed by atoms with van der Waals surface area (Å²) in [5, 5.41) is 0. The molecule has 1 aromatic carbocycles.